The number of nitrogens with zero attached hydrogens (tertiary/aromatic N) is 4. The van der Waals surface area contributed by atoms with Gasteiger partial charge in [0.05, 0.1) is 18.9 Å². The number of rotatable bonds is 7. The van der Waals surface area contributed by atoms with E-state index in [-0.39, 0.29) is 12.0 Å². The van der Waals surface area contributed by atoms with E-state index in [2.05, 4.69) is 27.5 Å². The Morgan fingerprint density at radius 3 is 2.73 bits per heavy atom. The van der Waals surface area contributed by atoms with Crippen molar-refractivity contribution in [1.29, 1.82) is 0 Å². The maximum Gasteiger partial charge on any atom is 0.255 e. The molecule has 0 saturated heterocycles. The number of aromatic nitrogens is 4. The van der Waals surface area contributed by atoms with Gasteiger partial charge in [0.1, 0.15) is 22.8 Å². The first-order valence-corrected chi connectivity index (χ1v) is 10.3. The fourth-order valence-electron chi connectivity index (χ4n) is 2.81. The predicted octanol–water partition coefficient (Wildman–Crippen LogP) is 4.29. The quantitative estimate of drug-likeness (QED) is 0.477. The molecule has 2 aromatic carbocycles. The van der Waals surface area contributed by atoms with Crippen molar-refractivity contribution in [3.63, 3.8) is 0 Å². The van der Waals surface area contributed by atoms with Gasteiger partial charge in [0.15, 0.2) is 0 Å². The van der Waals surface area contributed by atoms with Crippen LogP contribution in [0.4, 0.5) is 5.69 Å². The highest BCUT2D eigenvalue weighted by Crippen LogP contribution is 2.33. The largest absolute Gasteiger partial charge is 0.495 e. The molecule has 4 rings (SSSR count). The number of nitrogens with one attached hydrogen (secondary N) is 1. The molecule has 0 radical (unpaired) electrons. The van der Waals surface area contributed by atoms with E-state index in [1.165, 1.54) is 11.3 Å². The molecule has 0 aliphatic rings. The van der Waals surface area contributed by atoms with Crippen molar-refractivity contribution in [3.8, 4) is 22.1 Å². The molecule has 2 aromatic heterocycles. The van der Waals surface area contributed by atoms with Crippen molar-refractivity contribution in [2.24, 2.45) is 0 Å². The summed E-state index contributed by atoms with van der Waals surface area (Å²) in [5.74, 6) is 1.06. The van der Waals surface area contributed by atoms with Crippen molar-refractivity contribution in [3.05, 3.63) is 54.4 Å². The summed E-state index contributed by atoms with van der Waals surface area (Å²) in [6.07, 6.45) is 2.59. The van der Waals surface area contributed by atoms with Gasteiger partial charge >= 0.3 is 0 Å². The summed E-state index contributed by atoms with van der Waals surface area (Å²) in [7, 11) is 1.56. The van der Waals surface area contributed by atoms with Gasteiger partial charge in [-0.15, -0.1) is 10.2 Å². The van der Waals surface area contributed by atoms with Gasteiger partial charge in [-0.2, -0.15) is 9.61 Å². The molecule has 0 fully saturated rings. The molecule has 4 aromatic rings. The Labute approximate surface area is 177 Å². The van der Waals surface area contributed by atoms with Gasteiger partial charge in [-0.1, -0.05) is 18.3 Å². The highest BCUT2D eigenvalue weighted by molar-refractivity contribution is 7.19. The fraction of sp³-hybridized carbons (Fsp3) is 0.238. The standard InChI is InChI=1S/C21H21N5O3S/c1-4-13(2)29-16-8-5-14(6-9-16)19(27)23-17-11-15(7-10-18(17)28-3)20-25-26-12-22-24-21(26)30-20/h5-13H,4H2,1-3H3,(H,23,27). The summed E-state index contributed by atoms with van der Waals surface area (Å²) in [6, 6.07) is 12.6. The lowest BCUT2D eigenvalue weighted by Crippen LogP contribution is -2.13. The monoisotopic (exact) mass is 423 g/mol. The molecule has 9 heteroatoms. The number of ether oxygens (including phenoxy) is 2. The minimum atomic E-state index is -0.237. The van der Waals surface area contributed by atoms with Crippen molar-refractivity contribution in [2.45, 2.75) is 26.4 Å². The zero-order valence-electron chi connectivity index (χ0n) is 16.8. The Morgan fingerprint density at radius 1 is 1.23 bits per heavy atom. The average molecular weight is 423 g/mol. The summed E-state index contributed by atoms with van der Waals surface area (Å²) < 4.78 is 12.8. The van der Waals surface area contributed by atoms with E-state index in [0.717, 1.165) is 22.7 Å². The zero-order valence-corrected chi connectivity index (χ0v) is 17.6. The number of benzene rings is 2. The first-order chi connectivity index (χ1) is 14.6. The third kappa shape index (κ3) is 4.11. The highest BCUT2D eigenvalue weighted by Gasteiger charge is 2.14. The van der Waals surface area contributed by atoms with E-state index in [9.17, 15) is 4.79 Å². The molecule has 0 aliphatic heterocycles. The van der Waals surface area contributed by atoms with Gasteiger partial charge < -0.3 is 14.8 Å². The predicted molar refractivity (Wildman–Crippen MR) is 115 cm³/mol. The Morgan fingerprint density at radius 2 is 2.03 bits per heavy atom. The maximum atomic E-state index is 12.8. The summed E-state index contributed by atoms with van der Waals surface area (Å²) in [5, 5.41) is 16.0. The van der Waals surface area contributed by atoms with Crippen LogP contribution in [-0.4, -0.2) is 38.9 Å². The first kappa shape index (κ1) is 19.8. The van der Waals surface area contributed by atoms with Gasteiger partial charge in [0.25, 0.3) is 5.91 Å². The number of amides is 1. The van der Waals surface area contributed by atoms with Gasteiger partial charge in [0, 0.05) is 11.1 Å². The van der Waals surface area contributed by atoms with Crippen molar-refractivity contribution >= 4 is 27.9 Å². The SMILES string of the molecule is CCC(C)Oc1ccc(C(=O)Nc2cc(-c3nn4cnnc4s3)ccc2OC)cc1. The number of carbonyl (C=O) groups is 1. The molecule has 1 atom stereocenters. The topological polar surface area (TPSA) is 90.6 Å². The normalized spacial score (nSPS) is 12.0. The molecule has 2 heterocycles. The number of hydrogen-bond donors (Lipinski definition) is 1. The molecular formula is C21H21N5O3S. The number of carbonyl (C=O) groups excluding carboxylic acids is 1. The van der Waals surface area contributed by atoms with Crippen LogP contribution in [0, 0.1) is 0 Å². The van der Waals surface area contributed by atoms with Crippen molar-refractivity contribution < 1.29 is 14.3 Å². The van der Waals surface area contributed by atoms with Crippen LogP contribution in [0.15, 0.2) is 48.8 Å². The molecule has 1 amide bonds. The first-order valence-electron chi connectivity index (χ1n) is 9.50. The fourth-order valence-corrected chi connectivity index (χ4v) is 3.63. The average Bonchev–Trinajstić information content (AvgIpc) is 3.36. The molecule has 0 saturated carbocycles. The molecule has 8 nitrogen and oxygen atoms in total. The van der Waals surface area contributed by atoms with E-state index in [0.29, 0.717) is 22.0 Å². The molecule has 1 unspecified atom stereocenters. The summed E-state index contributed by atoms with van der Waals surface area (Å²) in [5.41, 5.74) is 1.93. The second-order valence-corrected chi connectivity index (χ2v) is 7.65. The van der Waals surface area contributed by atoms with Gasteiger partial charge in [-0.25, -0.2) is 0 Å². The third-order valence-electron chi connectivity index (χ3n) is 4.61. The molecule has 154 valence electrons. The van der Waals surface area contributed by atoms with Gasteiger partial charge in [0.2, 0.25) is 4.96 Å². The Hall–Kier alpha value is -3.46. The van der Waals surface area contributed by atoms with Crippen LogP contribution in [0.3, 0.4) is 0 Å². The lowest BCUT2D eigenvalue weighted by molar-refractivity contribution is 0.102. The van der Waals surface area contributed by atoms with Crippen LogP contribution < -0.4 is 14.8 Å². The van der Waals surface area contributed by atoms with Crippen LogP contribution >= 0.6 is 11.3 Å². The molecular weight excluding hydrogens is 402 g/mol. The number of methoxy groups -OCH3 is 1. The number of fused-ring (bicyclic) bond motifs is 1. The maximum absolute atomic E-state index is 12.8. The smallest absolute Gasteiger partial charge is 0.255 e. The Bertz CT molecular complexity index is 1140. The Balaban J connectivity index is 1.55. The van der Waals surface area contributed by atoms with Crippen LogP contribution in [0.2, 0.25) is 0 Å². The van der Waals surface area contributed by atoms with E-state index in [4.69, 9.17) is 9.47 Å². The van der Waals surface area contributed by atoms with Crippen LogP contribution in [0.1, 0.15) is 30.6 Å². The number of hydrogen-bond acceptors (Lipinski definition) is 7. The van der Waals surface area contributed by atoms with Gasteiger partial charge in [-0.05, 0) is 55.8 Å². The lowest BCUT2D eigenvalue weighted by Gasteiger charge is -2.13. The summed E-state index contributed by atoms with van der Waals surface area (Å²) >= 11 is 1.41. The minimum Gasteiger partial charge on any atom is -0.495 e. The molecule has 0 aliphatic carbocycles. The van der Waals surface area contributed by atoms with E-state index < -0.39 is 0 Å². The summed E-state index contributed by atoms with van der Waals surface area (Å²) in [4.78, 5) is 13.5. The highest BCUT2D eigenvalue weighted by atomic mass is 32.1. The molecule has 30 heavy (non-hydrogen) atoms. The molecule has 0 spiro atoms. The molecule has 1 N–H and O–H groups in total. The van der Waals surface area contributed by atoms with E-state index >= 15 is 0 Å². The second-order valence-electron chi connectivity index (χ2n) is 6.70. The van der Waals surface area contributed by atoms with Crippen LogP contribution in [-0.2, 0) is 0 Å². The van der Waals surface area contributed by atoms with E-state index in [1.54, 1.807) is 48.3 Å². The van der Waals surface area contributed by atoms with Crippen LogP contribution in [0.5, 0.6) is 11.5 Å². The lowest BCUT2D eigenvalue weighted by atomic mass is 10.1. The second kappa shape index (κ2) is 8.50. The Kier molecular flexibility index (Phi) is 5.62. The van der Waals surface area contributed by atoms with Gasteiger partial charge in [-0.3, -0.25) is 4.79 Å². The summed E-state index contributed by atoms with van der Waals surface area (Å²) in [6.45, 7) is 4.07. The number of anilines is 1. The third-order valence-corrected chi connectivity index (χ3v) is 5.57. The van der Waals surface area contributed by atoms with E-state index in [1.807, 2.05) is 19.1 Å². The van der Waals surface area contributed by atoms with Crippen molar-refractivity contribution in [1.82, 2.24) is 19.8 Å². The van der Waals surface area contributed by atoms with Crippen molar-refractivity contribution in [2.75, 3.05) is 12.4 Å². The minimum absolute atomic E-state index is 0.126. The zero-order chi connectivity index (χ0) is 21.1. The van der Waals surface area contributed by atoms with Crippen LogP contribution in [0.25, 0.3) is 15.5 Å². The molecule has 0 bridgehead atoms.